The van der Waals surface area contributed by atoms with Crippen LogP contribution in [0.15, 0.2) is 0 Å². The zero-order chi connectivity index (χ0) is 13.7. The van der Waals surface area contributed by atoms with Gasteiger partial charge in [0, 0.05) is 40.4 Å². The third-order valence-electron chi connectivity index (χ3n) is 1.50. The van der Waals surface area contributed by atoms with Gasteiger partial charge in [0.25, 0.3) is 0 Å². The minimum Gasteiger partial charge on any atom is -0.356 e. The van der Waals surface area contributed by atoms with Gasteiger partial charge in [-0.05, 0) is 6.42 Å². The topological polar surface area (TPSA) is 87.3 Å². The third kappa shape index (κ3) is 25.1. The predicted octanol–water partition coefficient (Wildman–Crippen LogP) is -0.209. The van der Waals surface area contributed by atoms with Crippen LogP contribution in [0.25, 0.3) is 0 Å². The van der Waals surface area contributed by atoms with Crippen molar-refractivity contribution in [1.82, 2.24) is 16.0 Å². The number of rotatable bonds is 5. The first kappa shape index (κ1) is 17.8. The van der Waals surface area contributed by atoms with Gasteiger partial charge in [-0.1, -0.05) is 6.92 Å². The van der Waals surface area contributed by atoms with Crippen molar-refractivity contribution in [1.29, 1.82) is 0 Å². The summed E-state index contributed by atoms with van der Waals surface area (Å²) >= 11 is 0. The first-order valence-corrected chi connectivity index (χ1v) is 5.63. The average molecular weight is 245 g/mol. The molecular formula is C11H23N3O3. The molecule has 0 aromatic rings. The minimum absolute atomic E-state index is 0.0573. The van der Waals surface area contributed by atoms with Crippen LogP contribution in [0.1, 0.15) is 34.1 Å². The fourth-order valence-corrected chi connectivity index (χ4v) is 0.778. The van der Waals surface area contributed by atoms with Crippen molar-refractivity contribution in [2.45, 2.75) is 34.1 Å². The molecule has 3 N–H and O–H groups in total. The van der Waals surface area contributed by atoms with Crippen LogP contribution in [0.4, 0.5) is 0 Å². The van der Waals surface area contributed by atoms with E-state index in [0.717, 1.165) is 13.0 Å². The Bertz CT molecular complexity index is 226. The highest BCUT2D eigenvalue weighted by atomic mass is 16.2. The van der Waals surface area contributed by atoms with Crippen molar-refractivity contribution in [2.24, 2.45) is 0 Å². The zero-order valence-corrected chi connectivity index (χ0v) is 11.1. The van der Waals surface area contributed by atoms with E-state index in [0.29, 0.717) is 13.1 Å². The Morgan fingerprint density at radius 2 is 1.00 bits per heavy atom. The van der Waals surface area contributed by atoms with E-state index in [1.165, 1.54) is 20.8 Å². The number of hydrogen-bond acceptors (Lipinski definition) is 3. The van der Waals surface area contributed by atoms with Crippen LogP contribution in [-0.4, -0.2) is 37.4 Å². The summed E-state index contributed by atoms with van der Waals surface area (Å²) in [6.45, 7) is 8.21. The summed E-state index contributed by atoms with van der Waals surface area (Å²) in [5, 5.41) is 7.75. The first-order chi connectivity index (χ1) is 7.90. The second-order valence-corrected chi connectivity index (χ2v) is 3.45. The maximum absolute atomic E-state index is 10.3. The van der Waals surface area contributed by atoms with E-state index in [1.807, 2.05) is 6.92 Å². The molecule has 0 aliphatic carbocycles. The molecule has 100 valence electrons. The van der Waals surface area contributed by atoms with Gasteiger partial charge in [0.05, 0.1) is 0 Å². The van der Waals surface area contributed by atoms with Crippen LogP contribution >= 0.6 is 0 Å². The smallest absolute Gasteiger partial charge is 0.216 e. The van der Waals surface area contributed by atoms with Crippen molar-refractivity contribution < 1.29 is 14.4 Å². The van der Waals surface area contributed by atoms with E-state index in [2.05, 4.69) is 16.0 Å². The molecule has 0 saturated carbocycles. The molecule has 6 nitrogen and oxygen atoms in total. The Kier molecular flexibility index (Phi) is 13.1. The molecule has 6 heteroatoms. The van der Waals surface area contributed by atoms with E-state index in [9.17, 15) is 14.4 Å². The number of carbonyl (C=O) groups excluding carboxylic acids is 3. The van der Waals surface area contributed by atoms with E-state index >= 15 is 0 Å². The van der Waals surface area contributed by atoms with Gasteiger partial charge in [0.1, 0.15) is 0 Å². The number of hydrogen-bond donors (Lipinski definition) is 3. The van der Waals surface area contributed by atoms with Crippen LogP contribution in [0, 0.1) is 0 Å². The fraction of sp³-hybridized carbons (Fsp3) is 0.727. The van der Waals surface area contributed by atoms with Gasteiger partial charge in [0.15, 0.2) is 0 Å². The normalized spacial score (nSPS) is 8.47. The van der Waals surface area contributed by atoms with Crippen LogP contribution in [0.5, 0.6) is 0 Å². The molecule has 0 rings (SSSR count). The molecule has 0 spiro atoms. The molecule has 0 unspecified atom stereocenters. The summed E-state index contributed by atoms with van der Waals surface area (Å²) < 4.78 is 0. The van der Waals surface area contributed by atoms with Crippen LogP contribution in [0.3, 0.4) is 0 Å². The molecule has 3 amide bonds. The van der Waals surface area contributed by atoms with Gasteiger partial charge in [-0.3, -0.25) is 14.4 Å². The van der Waals surface area contributed by atoms with Gasteiger partial charge in [-0.25, -0.2) is 0 Å². The third-order valence-corrected chi connectivity index (χ3v) is 1.50. The molecule has 17 heavy (non-hydrogen) atoms. The van der Waals surface area contributed by atoms with Crippen molar-refractivity contribution in [2.75, 3.05) is 19.6 Å². The molecule has 0 saturated heterocycles. The standard InChI is InChI=1S/C6H12N2O2.C5H11NO/c1-5(9)7-3-4-8-6(2)10;1-3-4-6-5(2)7/h3-4H2,1-2H3,(H,7,9)(H,8,10);3-4H2,1-2H3,(H,6,7). The lowest BCUT2D eigenvalue weighted by molar-refractivity contribution is -0.120. The molecule has 0 aromatic heterocycles. The number of amides is 3. The Morgan fingerprint density at radius 1 is 0.706 bits per heavy atom. The predicted molar refractivity (Wildman–Crippen MR) is 66.3 cm³/mol. The Balaban J connectivity index is 0. The first-order valence-electron chi connectivity index (χ1n) is 5.63. The summed E-state index contributed by atoms with van der Waals surface area (Å²) in [4.78, 5) is 30.6. The summed E-state index contributed by atoms with van der Waals surface area (Å²) in [5.41, 5.74) is 0. The van der Waals surface area contributed by atoms with E-state index < -0.39 is 0 Å². The largest absolute Gasteiger partial charge is 0.356 e. The van der Waals surface area contributed by atoms with E-state index in [-0.39, 0.29) is 17.7 Å². The number of carbonyl (C=O) groups is 3. The van der Waals surface area contributed by atoms with Gasteiger partial charge >= 0.3 is 0 Å². The lowest BCUT2D eigenvalue weighted by Crippen LogP contribution is -2.32. The molecule has 0 radical (unpaired) electrons. The van der Waals surface area contributed by atoms with Crippen molar-refractivity contribution in [3.8, 4) is 0 Å². The molecule has 0 heterocycles. The van der Waals surface area contributed by atoms with Crippen LogP contribution in [0.2, 0.25) is 0 Å². The Labute approximate surface area is 103 Å². The summed E-state index contributed by atoms with van der Waals surface area (Å²) in [5.74, 6) is -0.0995. The SMILES string of the molecule is CC(=O)NCCNC(C)=O.CCCNC(C)=O. The van der Waals surface area contributed by atoms with Crippen molar-refractivity contribution >= 4 is 17.7 Å². The summed E-state index contributed by atoms with van der Waals surface area (Å²) in [7, 11) is 0. The van der Waals surface area contributed by atoms with Crippen LogP contribution in [-0.2, 0) is 14.4 Å². The average Bonchev–Trinajstić information content (AvgIpc) is 2.22. The second kappa shape index (κ2) is 12.5. The second-order valence-electron chi connectivity index (χ2n) is 3.45. The lowest BCUT2D eigenvalue weighted by atomic mass is 10.5. The maximum Gasteiger partial charge on any atom is 0.216 e. The van der Waals surface area contributed by atoms with Crippen molar-refractivity contribution in [3.05, 3.63) is 0 Å². The molecule has 0 aromatic carbocycles. The molecule has 0 bridgehead atoms. The molecule has 0 fully saturated rings. The van der Waals surface area contributed by atoms with E-state index in [1.54, 1.807) is 0 Å². The molecular weight excluding hydrogens is 222 g/mol. The highest BCUT2D eigenvalue weighted by molar-refractivity contribution is 5.74. The lowest BCUT2D eigenvalue weighted by Gasteiger charge is -2.01. The monoisotopic (exact) mass is 245 g/mol. The van der Waals surface area contributed by atoms with Gasteiger partial charge < -0.3 is 16.0 Å². The Hall–Kier alpha value is -1.59. The Morgan fingerprint density at radius 3 is 1.18 bits per heavy atom. The summed E-state index contributed by atoms with van der Waals surface area (Å²) in [6, 6.07) is 0. The molecule has 0 atom stereocenters. The van der Waals surface area contributed by atoms with Crippen LogP contribution < -0.4 is 16.0 Å². The quantitative estimate of drug-likeness (QED) is 0.586. The van der Waals surface area contributed by atoms with Gasteiger partial charge in [-0.2, -0.15) is 0 Å². The van der Waals surface area contributed by atoms with Gasteiger partial charge in [-0.15, -0.1) is 0 Å². The van der Waals surface area contributed by atoms with Gasteiger partial charge in [0.2, 0.25) is 17.7 Å². The maximum atomic E-state index is 10.3. The van der Waals surface area contributed by atoms with E-state index in [4.69, 9.17) is 0 Å². The molecule has 0 aliphatic heterocycles. The molecule has 0 aliphatic rings. The van der Waals surface area contributed by atoms with Crippen molar-refractivity contribution in [3.63, 3.8) is 0 Å². The number of nitrogens with one attached hydrogen (secondary N) is 3. The zero-order valence-electron chi connectivity index (χ0n) is 11.1. The minimum atomic E-state index is -0.0784. The highest BCUT2D eigenvalue weighted by Gasteiger charge is 1.90. The highest BCUT2D eigenvalue weighted by Crippen LogP contribution is 1.67. The fourth-order valence-electron chi connectivity index (χ4n) is 0.778. The summed E-state index contributed by atoms with van der Waals surface area (Å²) in [6.07, 6.45) is 1.01.